The van der Waals surface area contributed by atoms with Gasteiger partial charge in [-0.15, -0.1) is 0 Å². The molecule has 1 aliphatic rings. The van der Waals surface area contributed by atoms with Crippen LogP contribution in [0.25, 0.3) is 22.0 Å². The Balaban J connectivity index is 1.80. The number of methoxy groups -OCH3 is 1. The van der Waals surface area contributed by atoms with Crippen molar-refractivity contribution in [3.63, 3.8) is 0 Å². The highest BCUT2D eigenvalue weighted by Crippen LogP contribution is 2.36. The second kappa shape index (κ2) is 7.72. The molecule has 0 aliphatic carbocycles. The quantitative estimate of drug-likeness (QED) is 0.475. The number of benzene rings is 2. The molecule has 1 atom stereocenters. The van der Waals surface area contributed by atoms with Gasteiger partial charge in [0, 0.05) is 11.8 Å². The van der Waals surface area contributed by atoms with Crippen LogP contribution in [-0.2, 0) is 0 Å². The summed E-state index contributed by atoms with van der Waals surface area (Å²) in [5.41, 5.74) is 7.46. The van der Waals surface area contributed by atoms with Crippen LogP contribution >= 0.6 is 11.6 Å². The predicted molar refractivity (Wildman–Crippen MR) is 113 cm³/mol. The van der Waals surface area contributed by atoms with E-state index in [4.69, 9.17) is 22.1 Å². The molecule has 0 spiro atoms. The van der Waals surface area contributed by atoms with Crippen molar-refractivity contribution in [3.8, 4) is 16.9 Å². The molecule has 0 saturated carbocycles. The molecule has 2 N–H and O–H groups in total. The van der Waals surface area contributed by atoms with Gasteiger partial charge in [0.05, 0.1) is 24.7 Å². The fourth-order valence-electron chi connectivity index (χ4n) is 3.66. The summed E-state index contributed by atoms with van der Waals surface area (Å²) in [7, 11) is 1.59. The lowest BCUT2D eigenvalue weighted by atomic mass is 10.00. The van der Waals surface area contributed by atoms with E-state index in [0.29, 0.717) is 10.9 Å². The molecule has 1 aliphatic heterocycles. The molecule has 4 rings (SSSR count). The summed E-state index contributed by atoms with van der Waals surface area (Å²) < 4.78 is 33.1. The first kappa shape index (κ1) is 20.3. The molecule has 30 heavy (non-hydrogen) atoms. The molecule has 0 radical (unpaired) electrons. The van der Waals surface area contributed by atoms with E-state index in [1.807, 2.05) is 36.4 Å². The zero-order valence-corrected chi connectivity index (χ0v) is 17.0. The largest absolute Gasteiger partial charge is 0.497 e. The third-order valence-electron chi connectivity index (χ3n) is 5.27. The first-order valence-electron chi connectivity index (χ1n) is 9.45. The molecule has 3 aromatic rings. The van der Waals surface area contributed by atoms with Crippen molar-refractivity contribution in [2.24, 2.45) is 5.73 Å². The van der Waals surface area contributed by atoms with Crippen LogP contribution in [0.1, 0.15) is 23.2 Å². The molecular weight excluding hydrogens is 412 g/mol. The lowest BCUT2D eigenvalue weighted by Crippen LogP contribution is -2.47. The summed E-state index contributed by atoms with van der Waals surface area (Å²) in [4.78, 5) is 18.0. The number of alkyl halides is 3. The third kappa shape index (κ3) is 3.89. The van der Waals surface area contributed by atoms with Gasteiger partial charge in [0.15, 0.2) is 0 Å². The summed E-state index contributed by atoms with van der Waals surface area (Å²) in [6.07, 6.45) is -0.157. The maximum absolute atomic E-state index is 14.0. The van der Waals surface area contributed by atoms with E-state index in [9.17, 15) is 13.6 Å². The van der Waals surface area contributed by atoms with Crippen LogP contribution in [0.5, 0.6) is 5.75 Å². The number of anilines is 1. The van der Waals surface area contributed by atoms with E-state index in [1.165, 1.54) is 11.0 Å². The minimum Gasteiger partial charge on any atom is -0.497 e. The molecule has 2 heterocycles. The van der Waals surface area contributed by atoms with Gasteiger partial charge < -0.3 is 15.4 Å². The van der Waals surface area contributed by atoms with E-state index in [0.717, 1.165) is 16.9 Å². The molecule has 1 fully saturated rings. The highest BCUT2D eigenvalue weighted by molar-refractivity contribution is 6.22. The van der Waals surface area contributed by atoms with Gasteiger partial charge in [-0.3, -0.25) is 4.79 Å². The second-order valence-corrected chi connectivity index (χ2v) is 7.81. The summed E-state index contributed by atoms with van der Waals surface area (Å²) >= 11 is 6.28. The van der Waals surface area contributed by atoms with Gasteiger partial charge in [-0.25, -0.2) is 13.8 Å². The highest BCUT2D eigenvalue weighted by atomic mass is 35.5. The number of fused-ring (bicyclic) bond motifs is 1. The molecule has 156 valence electrons. The Morgan fingerprint density at radius 3 is 2.57 bits per heavy atom. The number of halogens is 3. The number of nitrogens with zero attached hydrogens (tertiary/aromatic N) is 2. The first-order chi connectivity index (χ1) is 14.3. The van der Waals surface area contributed by atoms with Gasteiger partial charge in [-0.05, 0) is 47.9 Å². The number of carbonyl (C=O) groups excluding carboxylic acids is 1. The van der Waals surface area contributed by atoms with Crippen LogP contribution in [0.15, 0.2) is 48.5 Å². The van der Waals surface area contributed by atoms with Crippen LogP contribution in [0.4, 0.5) is 14.6 Å². The van der Waals surface area contributed by atoms with Crippen LogP contribution in [0.3, 0.4) is 0 Å². The number of rotatable bonds is 4. The van der Waals surface area contributed by atoms with Crippen LogP contribution in [0, 0.1) is 0 Å². The molecule has 1 unspecified atom stereocenters. The molecule has 0 bridgehead atoms. The summed E-state index contributed by atoms with van der Waals surface area (Å²) in [5.74, 6) is -2.58. The van der Waals surface area contributed by atoms with Crippen molar-refractivity contribution < 1.29 is 18.3 Å². The number of piperidine rings is 1. The van der Waals surface area contributed by atoms with Gasteiger partial charge in [0.25, 0.3) is 5.92 Å². The van der Waals surface area contributed by atoms with Crippen molar-refractivity contribution in [2.75, 3.05) is 18.6 Å². The number of nitrogens with two attached hydrogens (primary N) is 1. The topological polar surface area (TPSA) is 68.4 Å². The van der Waals surface area contributed by atoms with Gasteiger partial charge >= 0.3 is 0 Å². The SMILES string of the molecule is COc1ccc(-c2ccc3nc(N4CC(F)(F)CCC4Cl)cc(C(N)=O)c3c2)cc1. The molecule has 1 aromatic heterocycles. The third-order valence-corrected chi connectivity index (χ3v) is 5.72. The van der Waals surface area contributed by atoms with E-state index >= 15 is 0 Å². The fraction of sp³-hybridized carbons (Fsp3) is 0.273. The fourth-order valence-corrected chi connectivity index (χ4v) is 3.94. The number of ether oxygens (including phenoxy) is 1. The van der Waals surface area contributed by atoms with Gasteiger partial charge in [-0.2, -0.15) is 0 Å². The zero-order valence-electron chi connectivity index (χ0n) is 16.2. The number of hydrogen-bond donors (Lipinski definition) is 1. The number of primary amides is 1. The number of pyridine rings is 1. The Bertz CT molecular complexity index is 1110. The Hall–Kier alpha value is -2.93. The van der Waals surface area contributed by atoms with Crippen molar-refractivity contribution in [3.05, 3.63) is 54.1 Å². The second-order valence-electron chi connectivity index (χ2n) is 7.31. The van der Waals surface area contributed by atoms with E-state index in [1.54, 1.807) is 13.2 Å². The molecule has 1 saturated heterocycles. The zero-order chi connectivity index (χ0) is 21.5. The lowest BCUT2D eigenvalue weighted by molar-refractivity contribution is -0.0142. The van der Waals surface area contributed by atoms with Gasteiger partial charge in [0.2, 0.25) is 5.91 Å². The summed E-state index contributed by atoms with van der Waals surface area (Å²) in [5, 5.41) is 0.550. The molecule has 2 aromatic carbocycles. The van der Waals surface area contributed by atoms with Gasteiger partial charge in [0.1, 0.15) is 17.1 Å². The van der Waals surface area contributed by atoms with E-state index in [-0.39, 0.29) is 24.2 Å². The van der Waals surface area contributed by atoms with Gasteiger partial charge in [-0.1, -0.05) is 29.8 Å². The molecular formula is C22H20ClF2N3O2. The van der Waals surface area contributed by atoms with Crippen molar-refractivity contribution in [1.29, 1.82) is 0 Å². The lowest BCUT2D eigenvalue weighted by Gasteiger charge is -2.37. The maximum atomic E-state index is 14.0. The van der Waals surface area contributed by atoms with Crippen LogP contribution in [-0.4, -0.2) is 36.0 Å². The van der Waals surface area contributed by atoms with Crippen molar-refractivity contribution in [2.45, 2.75) is 24.3 Å². The summed E-state index contributed by atoms with van der Waals surface area (Å²) in [6.45, 7) is -0.554. The maximum Gasteiger partial charge on any atom is 0.265 e. The van der Waals surface area contributed by atoms with Crippen LogP contribution < -0.4 is 15.4 Å². The van der Waals surface area contributed by atoms with E-state index in [2.05, 4.69) is 4.98 Å². The van der Waals surface area contributed by atoms with Crippen molar-refractivity contribution >= 4 is 34.2 Å². The average Bonchev–Trinajstić information content (AvgIpc) is 2.74. The normalized spacial score (nSPS) is 18.4. The number of amides is 1. The Morgan fingerprint density at radius 2 is 1.90 bits per heavy atom. The number of aromatic nitrogens is 1. The molecule has 5 nitrogen and oxygen atoms in total. The van der Waals surface area contributed by atoms with Crippen LogP contribution in [0.2, 0.25) is 0 Å². The number of carbonyl (C=O) groups is 1. The molecule has 8 heteroatoms. The molecule has 1 amide bonds. The Kier molecular flexibility index (Phi) is 5.24. The predicted octanol–water partition coefficient (Wildman–Crippen LogP) is 4.81. The first-order valence-corrected chi connectivity index (χ1v) is 9.89. The van der Waals surface area contributed by atoms with Crippen molar-refractivity contribution in [1.82, 2.24) is 4.98 Å². The summed E-state index contributed by atoms with van der Waals surface area (Å²) in [6, 6.07) is 14.3. The average molecular weight is 432 g/mol. The monoisotopic (exact) mass is 431 g/mol. The minimum atomic E-state index is -2.87. The standard InChI is InChI=1S/C22H20ClF2N3O2/c1-30-15-5-2-13(3-6-15)14-4-7-18-16(10-14)17(21(26)29)11-20(27-18)28-12-22(24,25)9-8-19(28)23/h2-7,10-11,19H,8-9,12H2,1H3,(H2,26,29). The highest BCUT2D eigenvalue weighted by Gasteiger charge is 2.40. The number of hydrogen-bond acceptors (Lipinski definition) is 4. The Labute approximate surface area is 177 Å². The minimum absolute atomic E-state index is 0.122. The van der Waals surface area contributed by atoms with E-state index < -0.39 is 23.9 Å². The Morgan fingerprint density at radius 1 is 1.20 bits per heavy atom. The smallest absolute Gasteiger partial charge is 0.265 e.